The third-order valence-corrected chi connectivity index (χ3v) is 3.69. The largest absolute Gasteiger partial charge is 0.497 e. The van der Waals surface area contributed by atoms with Crippen LogP contribution in [0.15, 0.2) is 29.4 Å². The van der Waals surface area contributed by atoms with E-state index in [9.17, 15) is 0 Å². The highest BCUT2D eigenvalue weighted by Crippen LogP contribution is 2.21. The normalized spacial score (nSPS) is 18.3. The van der Waals surface area contributed by atoms with Gasteiger partial charge in [-0.3, -0.25) is 5.43 Å². The Labute approximate surface area is 125 Å². The van der Waals surface area contributed by atoms with Crippen molar-refractivity contribution >= 4 is 28.7 Å². The molecule has 0 aliphatic heterocycles. The lowest BCUT2D eigenvalue weighted by Crippen LogP contribution is -2.26. The zero-order chi connectivity index (χ0) is 14.4. The molecule has 0 atom stereocenters. The first-order valence-corrected chi connectivity index (χ1v) is 7.34. The molecule has 0 bridgehead atoms. The summed E-state index contributed by atoms with van der Waals surface area (Å²) in [5, 5.41) is 7.99. The summed E-state index contributed by atoms with van der Waals surface area (Å²) in [5.41, 5.74) is 5.02. The molecule has 0 unspecified atom stereocenters. The first kappa shape index (κ1) is 14.8. The highest BCUT2D eigenvalue weighted by molar-refractivity contribution is 7.80. The van der Waals surface area contributed by atoms with Crippen LogP contribution >= 0.6 is 12.2 Å². The van der Waals surface area contributed by atoms with E-state index in [0.717, 1.165) is 30.2 Å². The maximum Gasteiger partial charge on any atom is 0.191 e. The molecule has 1 aliphatic rings. The van der Waals surface area contributed by atoms with Crippen molar-refractivity contribution in [2.45, 2.75) is 32.6 Å². The Morgan fingerprint density at radius 1 is 1.35 bits per heavy atom. The van der Waals surface area contributed by atoms with Crippen molar-refractivity contribution in [2.24, 2.45) is 11.0 Å². The molecule has 1 aromatic carbocycles. The summed E-state index contributed by atoms with van der Waals surface area (Å²) in [6, 6.07) is 7.64. The maximum absolute atomic E-state index is 5.24. The summed E-state index contributed by atoms with van der Waals surface area (Å²) >= 11 is 5.24. The van der Waals surface area contributed by atoms with Gasteiger partial charge in [-0.2, -0.15) is 5.10 Å². The molecule has 20 heavy (non-hydrogen) atoms. The van der Waals surface area contributed by atoms with Crippen molar-refractivity contribution in [3.05, 3.63) is 24.3 Å². The van der Waals surface area contributed by atoms with E-state index >= 15 is 0 Å². The Balaban J connectivity index is 1.84. The number of hydrogen-bond donors (Lipinski definition) is 2. The Bertz CT molecular complexity index is 492. The zero-order valence-corrected chi connectivity index (χ0v) is 12.8. The molecule has 0 saturated heterocycles. The smallest absolute Gasteiger partial charge is 0.191 e. The van der Waals surface area contributed by atoms with E-state index < -0.39 is 0 Å². The number of ether oxygens (including phenoxy) is 1. The van der Waals surface area contributed by atoms with Gasteiger partial charge < -0.3 is 10.1 Å². The quantitative estimate of drug-likeness (QED) is 0.660. The van der Waals surface area contributed by atoms with Gasteiger partial charge in [-0.25, -0.2) is 0 Å². The van der Waals surface area contributed by atoms with Crippen molar-refractivity contribution < 1.29 is 4.74 Å². The fourth-order valence-electron chi connectivity index (χ4n) is 2.20. The summed E-state index contributed by atoms with van der Waals surface area (Å²) in [4.78, 5) is 0. The number of benzene rings is 1. The molecule has 2 N–H and O–H groups in total. The summed E-state index contributed by atoms with van der Waals surface area (Å²) in [7, 11) is 1.64. The fraction of sp³-hybridized carbons (Fsp3) is 0.467. The average molecular weight is 291 g/mol. The number of rotatable bonds is 3. The molecule has 108 valence electrons. The summed E-state index contributed by atoms with van der Waals surface area (Å²) in [5.74, 6) is 1.61. The molecule has 0 aromatic heterocycles. The molecule has 5 heteroatoms. The number of thiocarbonyl (C=S) groups is 1. The van der Waals surface area contributed by atoms with Crippen LogP contribution in [-0.2, 0) is 0 Å². The van der Waals surface area contributed by atoms with Crippen LogP contribution in [-0.4, -0.2) is 17.9 Å². The van der Waals surface area contributed by atoms with Gasteiger partial charge in [0.15, 0.2) is 5.11 Å². The summed E-state index contributed by atoms with van der Waals surface area (Å²) in [6.45, 7) is 2.29. The number of hydrazone groups is 1. The number of nitrogens with zero attached hydrogens (tertiary/aromatic N) is 1. The van der Waals surface area contributed by atoms with Crippen LogP contribution in [0.2, 0.25) is 0 Å². The van der Waals surface area contributed by atoms with Gasteiger partial charge >= 0.3 is 0 Å². The van der Waals surface area contributed by atoms with Crippen LogP contribution in [0.4, 0.5) is 5.69 Å². The van der Waals surface area contributed by atoms with Gasteiger partial charge in [0.05, 0.1) is 7.11 Å². The molecule has 1 aliphatic carbocycles. The highest BCUT2D eigenvalue weighted by atomic mass is 32.1. The molecular formula is C15H21N3OS. The van der Waals surface area contributed by atoms with E-state index in [1.807, 2.05) is 24.3 Å². The predicted molar refractivity (Wildman–Crippen MR) is 87.4 cm³/mol. The lowest BCUT2D eigenvalue weighted by atomic mass is 9.90. The van der Waals surface area contributed by atoms with E-state index in [2.05, 4.69) is 22.8 Å². The molecule has 0 heterocycles. The second kappa shape index (κ2) is 7.24. The third-order valence-electron chi connectivity index (χ3n) is 3.49. The third kappa shape index (κ3) is 4.49. The lowest BCUT2D eigenvalue weighted by molar-refractivity contribution is 0.415. The van der Waals surface area contributed by atoms with Crippen molar-refractivity contribution in [1.82, 2.24) is 5.43 Å². The first-order chi connectivity index (χ1) is 9.67. The van der Waals surface area contributed by atoms with Crippen molar-refractivity contribution in [3.8, 4) is 5.75 Å². The molecule has 1 fully saturated rings. The standard InChI is InChI=1S/C15H21N3OS/c1-11-6-8-12(9-7-11)17-18-15(20)16-13-4-3-5-14(10-13)19-2/h3-5,10-11H,6-9H2,1-2H3,(H2,16,18,20). The van der Waals surface area contributed by atoms with E-state index in [0.29, 0.717) is 5.11 Å². The zero-order valence-electron chi connectivity index (χ0n) is 12.0. The van der Waals surface area contributed by atoms with E-state index in [1.165, 1.54) is 18.6 Å². The minimum absolute atomic E-state index is 0.504. The van der Waals surface area contributed by atoms with Crippen LogP contribution in [0.1, 0.15) is 32.6 Å². The second-order valence-electron chi connectivity index (χ2n) is 5.16. The molecule has 1 aromatic rings. The predicted octanol–water partition coefficient (Wildman–Crippen LogP) is 3.55. The van der Waals surface area contributed by atoms with Crippen molar-refractivity contribution in [2.75, 3.05) is 12.4 Å². The summed E-state index contributed by atoms with van der Waals surface area (Å²) in [6.07, 6.45) is 4.57. The number of nitrogens with one attached hydrogen (secondary N) is 2. The first-order valence-electron chi connectivity index (χ1n) is 6.94. The van der Waals surface area contributed by atoms with Crippen LogP contribution in [0.5, 0.6) is 5.75 Å². The fourth-order valence-corrected chi connectivity index (χ4v) is 2.36. The Hall–Kier alpha value is -1.62. The number of methoxy groups -OCH3 is 1. The molecule has 4 nitrogen and oxygen atoms in total. The van der Waals surface area contributed by atoms with Gasteiger partial charge in [0, 0.05) is 17.5 Å². The Morgan fingerprint density at radius 2 is 2.10 bits per heavy atom. The van der Waals surface area contributed by atoms with Crippen molar-refractivity contribution in [1.29, 1.82) is 0 Å². The molecular weight excluding hydrogens is 270 g/mol. The van der Waals surface area contributed by atoms with Crippen LogP contribution in [0, 0.1) is 5.92 Å². The minimum Gasteiger partial charge on any atom is -0.497 e. The molecule has 0 radical (unpaired) electrons. The SMILES string of the molecule is COc1cccc(NC(=S)NN=C2CCC(C)CC2)c1. The summed E-state index contributed by atoms with van der Waals surface area (Å²) < 4.78 is 5.17. The van der Waals surface area contributed by atoms with E-state index in [-0.39, 0.29) is 0 Å². The second-order valence-corrected chi connectivity index (χ2v) is 5.57. The maximum atomic E-state index is 5.24. The highest BCUT2D eigenvalue weighted by Gasteiger charge is 2.13. The molecule has 1 saturated carbocycles. The van der Waals surface area contributed by atoms with Crippen LogP contribution in [0.3, 0.4) is 0 Å². The van der Waals surface area contributed by atoms with Gasteiger partial charge in [-0.1, -0.05) is 13.0 Å². The lowest BCUT2D eigenvalue weighted by Gasteiger charge is -2.19. The Morgan fingerprint density at radius 3 is 2.80 bits per heavy atom. The van der Waals surface area contributed by atoms with Gasteiger partial charge in [0.2, 0.25) is 0 Å². The number of hydrogen-bond acceptors (Lipinski definition) is 3. The average Bonchev–Trinajstić information content (AvgIpc) is 2.47. The Kier molecular flexibility index (Phi) is 5.35. The molecule has 2 rings (SSSR count). The van der Waals surface area contributed by atoms with Crippen LogP contribution in [0.25, 0.3) is 0 Å². The van der Waals surface area contributed by atoms with E-state index in [4.69, 9.17) is 17.0 Å². The number of anilines is 1. The minimum atomic E-state index is 0.504. The van der Waals surface area contributed by atoms with Crippen LogP contribution < -0.4 is 15.5 Å². The van der Waals surface area contributed by atoms with Gasteiger partial charge in [-0.05, 0) is 56.0 Å². The van der Waals surface area contributed by atoms with Gasteiger partial charge in [0.1, 0.15) is 5.75 Å². The monoisotopic (exact) mass is 291 g/mol. The van der Waals surface area contributed by atoms with Gasteiger partial charge in [0.25, 0.3) is 0 Å². The van der Waals surface area contributed by atoms with E-state index in [1.54, 1.807) is 7.11 Å². The molecule has 0 amide bonds. The topological polar surface area (TPSA) is 45.6 Å². The van der Waals surface area contributed by atoms with Crippen molar-refractivity contribution in [3.63, 3.8) is 0 Å². The molecule has 0 spiro atoms. The van der Waals surface area contributed by atoms with Gasteiger partial charge in [-0.15, -0.1) is 0 Å².